The predicted molar refractivity (Wildman–Crippen MR) is 205 cm³/mol. The molecule has 1 N–H and O–H groups in total. The summed E-state index contributed by atoms with van der Waals surface area (Å²) < 4.78 is 12.8. The number of amides is 3. The number of fused-ring (bicyclic) bond motifs is 1. The maximum atomic E-state index is 15.4. The molecule has 282 valence electrons. The summed E-state index contributed by atoms with van der Waals surface area (Å²) in [4.78, 5) is 50.9. The first-order valence-corrected chi connectivity index (χ1v) is 18.9. The molecule has 1 spiro atoms. The Labute approximate surface area is 310 Å². The molecule has 2 bridgehead atoms. The third-order valence-electron chi connectivity index (χ3n) is 11.3. The molecule has 0 aromatic heterocycles. The molecule has 3 amide bonds. The first kappa shape index (κ1) is 39.3. The van der Waals surface area contributed by atoms with E-state index in [0.29, 0.717) is 50.1 Å². The normalized spacial score (nSPS) is 25.8. The van der Waals surface area contributed by atoms with Crippen LogP contribution in [0.2, 0.25) is 0 Å². The summed E-state index contributed by atoms with van der Waals surface area (Å²) in [5.41, 5.74) is -1.32. The van der Waals surface area contributed by atoms with Crippen LogP contribution in [-0.2, 0) is 25.5 Å². The average Bonchev–Trinajstić information content (AvgIpc) is 3.71. The molecule has 3 heterocycles. The zero-order valence-electron chi connectivity index (χ0n) is 32.3. The molecule has 2 aromatic carbocycles. The number of hydrogen-bond acceptors (Lipinski definition) is 6. The van der Waals surface area contributed by atoms with Crippen molar-refractivity contribution >= 4 is 23.4 Å². The third kappa shape index (κ3) is 7.06. The number of ether oxygens (including phenoxy) is 2. The van der Waals surface area contributed by atoms with E-state index in [-0.39, 0.29) is 42.8 Å². The maximum Gasteiger partial charge on any atom is 0.249 e. The van der Waals surface area contributed by atoms with Gasteiger partial charge in [-0.05, 0) is 88.1 Å². The standard InChI is InChI=1S/C43H59N3O6/c1-10-25-44(31-19-21-33(22-20-31)51-13-4)37(48)34-35-38(49)46(32(28-47)27-30-17-15-14-16-18-30)36(43(35)24-23-42(34,12-3)52-43)39(50)45(26-11-2)41(8,9)29-40(5,6)7/h10-11,14-22,32,34-36,47H,1-2,12-13,23-29H2,3-9H3/t32-,34+,35+,36?,42-,43?/m1/s1. The smallest absolute Gasteiger partial charge is 0.249 e. The van der Waals surface area contributed by atoms with Crippen molar-refractivity contribution < 1.29 is 29.0 Å². The zero-order valence-corrected chi connectivity index (χ0v) is 32.3. The molecule has 0 aliphatic carbocycles. The number of aliphatic hydroxyl groups excluding tert-OH is 1. The Bertz CT molecular complexity index is 1620. The molecule has 2 aromatic rings. The van der Waals surface area contributed by atoms with E-state index in [4.69, 9.17) is 9.47 Å². The first-order valence-electron chi connectivity index (χ1n) is 18.9. The fourth-order valence-electron chi connectivity index (χ4n) is 9.65. The minimum Gasteiger partial charge on any atom is -0.494 e. The number of likely N-dealkylation sites (tertiary alicyclic amines) is 1. The zero-order chi connectivity index (χ0) is 38.1. The third-order valence-corrected chi connectivity index (χ3v) is 11.3. The molecule has 9 heteroatoms. The van der Waals surface area contributed by atoms with Gasteiger partial charge in [0.15, 0.2) is 0 Å². The van der Waals surface area contributed by atoms with Crippen LogP contribution in [0.1, 0.15) is 79.7 Å². The maximum absolute atomic E-state index is 15.4. The van der Waals surface area contributed by atoms with Gasteiger partial charge in [0.2, 0.25) is 17.7 Å². The van der Waals surface area contributed by atoms with Crippen LogP contribution in [0.15, 0.2) is 79.9 Å². The molecule has 3 fully saturated rings. The van der Waals surface area contributed by atoms with Gasteiger partial charge >= 0.3 is 0 Å². The van der Waals surface area contributed by atoms with Crippen molar-refractivity contribution in [2.75, 3.05) is 31.2 Å². The summed E-state index contributed by atoms with van der Waals surface area (Å²) >= 11 is 0. The number of anilines is 1. The monoisotopic (exact) mass is 713 g/mol. The van der Waals surface area contributed by atoms with Crippen molar-refractivity contribution in [1.82, 2.24) is 9.80 Å². The van der Waals surface area contributed by atoms with Crippen LogP contribution in [0.5, 0.6) is 5.75 Å². The van der Waals surface area contributed by atoms with Gasteiger partial charge in [0.25, 0.3) is 0 Å². The van der Waals surface area contributed by atoms with E-state index in [9.17, 15) is 5.11 Å². The van der Waals surface area contributed by atoms with E-state index in [2.05, 4.69) is 47.8 Å². The highest BCUT2D eigenvalue weighted by atomic mass is 16.5. The van der Waals surface area contributed by atoms with Crippen LogP contribution in [0.25, 0.3) is 0 Å². The predicted octanol–water partition coefficient (Wildman–Crippen LogP) is 6.59. The van der Waals surface area contributed by atoms with E-state index in [1.54, 1.807) is 22.0 Å². The summed E-state index contributed by atoms with van der Waals surface area (Å²) in [6.45, 7) is 23.1. The van der Waals surface area contributed by atoms with Crippen LogP contribution in [-0.4, -0.2) is 87.8 Å². The average molecular weight is 714 g/mol. The number of rotatable bonds is 16. The van der Waals surface area contributed by atoms with Gasteiger partial charge in [0.05, 0.1) is 36.7 Å². The Morgan fingerprint density at radius 1 is 1.00 bits per heavy atom. The second kappa shape index (κ2) is 15.2. The van der Waals surface area contributed by atoms with E-state index in [1.807, 2.05) is 73.3 Å². The summed E-state index contributed by atoms with van der Waals surface area (Å²) in [6, 6.07) is 15.3. The molecule has 5 rings (SSSR count). The lowest BCUT2D eigenvalue weighted by atomic mass is 9.64. The number of carbonyl (C=O) groups is 3. The molecule has 0 radical (unpaired) electrons. The van der Waals surface area contributed by atoms with Crippen LogP contribution < -0.4 is 9.64 Å². The highest BCUT2D eigenvalue weighted by Gasteiger charge is 2.79. The Hall–Kier alpha value is -3.95. The topological polar surface area (TPSA) is 99.6 Å². The van der Waals surface area contributed by atoms with E-state index < -0.39 is 40.7 Å². The quantitative estimate of drug-likeness (QED) is 0.197. The lowest BCUT2D eigenvalue weighted by Crippen LogP contribution is -2.62. The van der Waals surface area contributed by atoms with Gasteiger partial charge in [-0.25, -0.2) is 0 Å². The second-order valence-corrected chi connectivity index (χ2v) is 16.6. The number of nitrogens with zero attached hydrogens (tertiary/aromatic N) is 3. The van der Waals surface area contributed by atoms with Crippen LogP contribution in [0, 0.1) is 17.3 Å². The van der Waals surface area contributed by atoms with Gasteiger partial charge in [0, 0.05) is 24.3 Å². The molecule has 3 aliphatic rings. The molecular formula is C43H59N3O6. The summed E-state index contributed by atoms with van der Waals surface area (Å²) in [5, 5.41) is 11.0. The summed E-state index contributed by atoms with van der Waals surface area (Å²) in [5.74, 6) is -1.88. The Balaban J connectivity index is 1.65. The summed E-state index contributed by atoms with van der Waals surface area (Å²) in [6.07, 6.45) is 5.92. The molecule has 6 atom stereocenters. The van der Waals surface area contributed by atoms with E-state index in [1.165, 1.54) is 0 Å². The highest BCUT2D eigenvalue weighted by molar-refractivity contribution is 6.03. The lowest BCUT2D eigenvalue weighted by Gasteiger charge is -2.46. The molecule has 0 saturated carbocycles. The Morgan fingerprint density at radius 3 is 2.21 bits per heavy atom. The first-order chi connectivity index (χ1) is 24.6. The van der Waals surface area contributed by atoms with Crippen molar-refractivity contribution in [2.45, 2.75) is 109 Å². The van der Waals surface area contributed by atoms with Gasteiger partial charge in [-0.2, -0.15) is 0 Å². The number of hydrogen-bond donors (Lipinski definition) is 1. The fourth-order valence-corrected chi connectivity index (χ4v) is 9.65. The van der Waals surface area contributed by atoms with Crippen molar-refractivity contribution in [3.63, 3.8) is 0 Å². The molecule has 52 heavy (non-hydrogen) atoms. The van der Waals surface area contributed by atoms with Crippen molar-refractivity contribution in [1.29, 1.82) is 0 Å². The number of carbonyl (C=O) groups excluding carboxylic acids is 3. The van der Waals surface area contributed by atoms with Crippen molar-refractivity contribution in [3.05, 3.63) is 85.5 Å². The lowest BCUT2D eigenvalue weighted by molar-refractivity contribution is -0.160. The van der Waals surface area contributed by atoms with Gasteiger partial charge in [-0.15, -0.1) is 13.2 Å². The molecule has 2 unspecified atom stereocenters. The minimum absolute atomic E-state index is 0.0995. The SMILES string of the molecule is C=CCN(C(=O)[C@@H]1[C@H]2C(=O)N([C@@H](CO)Cc3ccccc3)C(C(=O)N(CC=C)C(C)(C)CC(C)(C)C)C23CC[C@@]1(CC)O3)c1ccc(OCC)cc1. The largest absolute Gasteiger partial charge is 0.494 e. The van der Waals surface area contributed by atoms with Crippen molar-refractivity contribution in [2.24, 2.45) is 17.3 Å². The fraction of sp³-hybridized carbons (Fsp3) is 0.558. The minimum atomic E-state index is -1.26. The molecular weight excluding hydrogens is 654 g/mol. The molecule has 9 nitrogen and oxygen atoms in total. The Morgan fingerprint density at radius 2 is 1.65 bits per heavy atom. The van der Waals surface area contributed by atoms with Crippen LogP contribution >= 0.6 is 0 Å². The molecule has 3 aliphatic heterocycles. The highest BCUT2D eigenvalue weighted by Crippen LogP contribution is 2.65. The van der Waals surface area contributed by atoms with Crippen molar-refractivity contribution in [3.8, 4) is 5.75 Å². The number of aliphatic hydroxyl groups is 1. The molecule has 3 saturated heterocycles. The second-order valence-electron chi connectivity index (χ2n) is 16.6. The van der Waals surface area contributed by atoms with Crippen LogP contribution in [0.3, 0.4) is 0 Å². The van der Waals surface area contributed by atoms with Gasteiger partial charge in [-0.1, -0.05) is 70.2 Å². The van der Waals surface area contributed by atoms with Gasteiger partial charge in [0.1, 0.15) is 17.4 Å². The summed E-state index contributed by atoms with van der Waals surface area (Å²) in [7, 11) is 0. The Kier molecular flexibility index (Phi) is 11.5. The van der Waals surface area contributed by atoms with Gasteiger partial charge < -0.3 is 29.3 Å². The van der Waals surface area contributed by atoms with Gasteiger partial charge in [-0.3, -0.25) is 14.4 Å². The van der Waals surface area contributed by atoms with E-state index in [0.717, 1.165) is 5.56 Å². The van der Waals surface area contributed by atoms with Crippen LogP contribution in [0.4, 0.5) is 5.69 Å². The number of benzene rings is 2. The van der Waals surface area contributed by atoms with E-state index >= 15 is 14.4 Å².